The first-order valence-corrected chi connectivity index (χ1v) is 9.95. The molecule has 0 spiro atoms. The molecule has 1 saturated heterocycles. The summed E-state index contributed by atoms with van der Waals surface area (Å²) in [6.07, 6.45) is -4.37. The Kier molecular flexibility index (Phi) is 6.76. The highest BCUT2D eigenvalue weighted by molar-refractivity contribution is 6.35. The van der Waals surface area contributed by atoms with E-state index in [0.717, 1.165) is 11.6 Å². The lowest BCUT2D eigenvalue weighted by molar-refractivity contribution is -0.141. The molecule has 1 amide bonds. The molecule has 0 unspecified atom stereocenters. The average molecular weight is 449 g/mol. The first-order chi connectivity index (χ1) is 13.6. The molecule has 5 nitrogen and oxygen atoms in total. The number of hydrogen-bond acceptors (Lipinski definition) is 3. The summed E-state index contributed by atoms with van der Waals surface area (Å²) in [7, 11) is 0. The fraction of sp³-hybridized carbons (Fsp3) is 0.474. The van der Waals surface area contributed by atoms with Crippen LogP contribution in [0.25, 0.3) is 0 Å². The zero-order valence-corrected chi connectivity index (χ0v) is 17.4. The van der Waals surface area contributed by atoms with E-state index < -0.39 is 11.9 Å². The van der Waals surface area contributed by atoms with Crippen molar-refractivity contribution in [3.05, 3.63) is 51.3 Å². The smallest absolute Gasteiger partial charge is 0.340 e. The Bertz CT molecular complexity index is 877. The van der Waals surface area contributed by atoms with Gasteiger partial charge in [-0.25, -0.2) is 0 Å². The number of aromatic nitrogens is 2. The average Bonchev–Trinajstić information content (AvgIpc) is 3.04. The van der Waals surface area contributed by atoms with Gasteiger partial charge in [0.25, 0.3) is 0 Å². The van der Waals surface area contributed by atoms with E-state index >= 15 is 0 Å². The van der Waals surface area contributed by atoms with Gasteiger partial charge < -0.3 is 4.90 Å². The van der Waals surface area contributed by atoms with Gasteiger partial charge in [-0.2, -0.15) is 18.3 Å². The number of alkyl halides is 3. The SMILES string of the molecule is Cc1cc(C(F)(F)F)nn1CCC(=O)N1CCN(Cc2ccc(Cl)cc2Cl)CC1. The van der Waals surface area contributed by atoms with Crippen LogP contribution in [0.15, 0.2) is 24.3 Å². The van der Waals surface area contributed by atoms with Crippen molar-refractivity contribution in [3.63, 3.8) is 0 Å². The number of benzene rings is 1. The Morgan fingerprint density at radius 2 is 1.83 bits per heavy atom. The molecule has 1 aromatic carbocycles. The van der Waals surface area contributed by atoms with Crippen LogP contribution in [0.3, 0.4) is 0 Å². The Morgan fingerprint density at radius 3 is 2.41 bits per heavy atom. The highest BCUT2D eigenvalue weighted by Crippen LogP contribution is 2.28. The number of aryl methyl sites for hydroxylation is 2. The van der Waals surface area contributed by atoms with Crippen molar-refractivity contribution in [2.24, 2.45) is 0 Å². The first kappa shape index (κ1) is 21.9. The third-order valence-electron chi connectivity index (χ3n) is 4.94. The molecule has 1 fully saturated rings. The molecule has 1 aliphatic heterocycles. The van der Waals surface area contributed by atoms with E-state index in [4.69, 9.17) is 23.2 Å². The van der Waals surface area contributed by atoms with Crippen LogP contribution in [0, 0.1) is 6.92 Å². The summed E-state index contributed by atoms with van der Waals surface area (Å²) in [4.78, 5) is 16.4. The van der Waals surface area contributed by atoms with E-state index in [1.54, 1.807) is 24.0 Å². The Balaban J connectivity index is 1.48. The largest absolute Gasteiger partial charge is 0.435 e. The number of rotatable bonds is 5. The van der Waals surface area contributed by atoms with E-state index in [1.807, 2.05) is 6.07 Å². The summed E-state index contributed by atoms with van der Waals surface area (Å²) in [5.74, 6) is -0.0855. The van der Waals surface area contributed by atoms with Gasteiger partial charge in [-0.3, -0.25) is 14.4 Å². The molecule has 1 aliphatic rings. The van der Waals surface area contributed by atoms with Crippen molar-refractivity contribution < 1.29 is 18.0 Å². The maximum absolute atomic E-state index is 12.7. The van der Waals surface area contributed by atoms with Crippen LogP contribution in [0.2, 0.25) is 10.0 Å². The second-order valence-corrected chi connectivity index (χ2v) is 7.88. The van der Waals surface area contributed by atoms with Crippen molar-refractivity contribution in [1.82, 2.24) is 19.6 Å². The maximum Gasteiger partial charge on any atom is 0.435 e. The van der Waals surface area contributed by atoms with Crippen LogP contribution in [-0.4, -0.2) is 51.7 Å². The summed E-state index contributed by atoms with van der Waals surface area (Å²) < 4.78 is 39.4. The predicted molar refractivity (Wildman–Crippen MR) is 105 cm³/mol. The lowest BCUT2D eigenvalue weighted by Gasteiger charge is -2.35. The minimum absolute atomic E-state index is 0.0855. The predicted octanol–water partition coefficient (Wildman–Crippen LogP) is 4.25. The molecule has 0 bridgehead atoms. The van der Waals surface area contributed by atoms with Crippen LogP contribution >= 0.6 is 23.2 Å². The Labute approximate surface area is 177 Å². The van der Waals surface area contributed by atoms with E-state index in [0.29, 0.717) is 48.5 Å². The van der Waals surface area contributed by atoms with Crippen molar-refractivity contribution in [2.45, 2.75) is 32.6 Å². The second kappa shape index (κ2) is 8.93. The van der Waals surface area contributed by atoms with Crippen molar-refractivity contribution in [1.29, 1.82) is 0 Å². The van der Waals surface area contributed by atoms with Crippen LogP contribution in [0.4, 0.5) is 13.2 Å². The molecule has 10 heteroatoms. The maximum atomic E-state index is 12.7. The molecule has 0 radical (unpaired) electrons. The van der Waals surface area contributed by atoms with Gasteiger partial charge in [-0.05, 0) is 30.7 Å². The van der Waals surface area contributed by atoms with E-state index in [-0.39, 0.29) is 18.9 Å². The summed E-state index contributed by atoms with van der Waals surface area (Å²) >= 11 is 12.1. The first-order valence-electron chi connectivity index (χ1n) is 9.19. The fourth-order valence-electron chi connectivity index (χ4n) is 3.28. The topological polar surface area (TPSA) is 41.4 Å². The minimum Gasteiger partial charge on any atom is -0.340 e. The number of carbonyl (C=O) groups is 1. The molecular weight excluding hydrogens is 428 g/mol. The number of hydrogen-bond donors (Lipinski definition) is 0. The van der Waals surface area contributed by atoms with Gasteiger partial charge in [0, 0.05) is 61.4 Å². The van der Waals surface area contributed by atoms with Crippen LogP contribution < -0.4 is 0 Å². The lowest BCUT2D eigenvalue weighted by Crippen LogP contribution is -2.48. The summed E-state index contributed by atoms with van der Waals surface area (Å²) in [6, 6.07) is 6.39. The van der Waals surface area contributed by atoms with Gasteiger partial charge in [-0.15, -0.1) is 0 Å². The summed E-state index contributed by atoms with van der Waals surface area (Å²) in [5.41, 5.74) is 0.428. The molecular formula is C19H21Cl2F3N4O. The van der Waals surface area contributed by atoms with E-state index in [9.17, 15) is 18.0 Å². The van der Waals surface area contributed by atoms with E-state index in [1.165, 1.54) is 4.68 Å². The van der Waals surface area contributed by atoms with Gasteiger partial charge in [0.1, 0.15) is 0 Å². The zero-order valence-electron chi connectivity index (χ0n) is 15.8. The Hall–Kier alpha value is -1.77. The number of amides is 1. The van der Waals surface area contributed by atoms with Crippen molar-refractivity contribution >= 4 is 29.1 Å². The van der Waals surface area contributed by atoms with Crippen molar-refractivity contribution in [3.8, 4) is 0 Å². The normalized spacial score (nSPS) is 15.7. The van der Waals surface area contributed by atoms with Crippen LogP contribution in [0.5, 0.6) is 0 Å². The van der Waals surface area contributed by atoms with Gasteiger partial charge in [0.05, 0.1) is 0 Å². The molecule has 2 heterocycles. The summed E-state index contributed by atoms with van der Waals surface area (Å²) in [6.45, 7) is 4.87. The third kappa shape index (κ3) is 5.65. The third-order valence-corrected chi connectivity index (χ3v) is 5.53. The van der Waals surface area contributed by atoms with Crippen LogP contribution in [0.1, 0.15) is 23.4 Å². The molecule has 0 atom stereocenters. The highest BCUT2D eigenvalue weighted by atomic mass is 35.5. The second-order valence-electron chi connectivity index (χ2n) is 7.03. The number of nitrogens with zero attached hydrogens (tertiary/aromatic N) is 4. The monoisotopic (exact) mass is 448 g/mol. The van der Waals surface area contributed by atoms with Crippen LogP contribution in [-0.2, 0) is 24.1 Å². The zero-order chi connectivity index (χ0) is 21.2. The van der Waals surface area contributed by atoms with E-state index in [2.05, 4.69) is 10.00 Å². The van der Waals surface area contributed by atoms with Gasteiger partial charge in [0.15, 0.2) is 5.69 Å². The molecule has 1 aromatic heterocycles. The Morgan fingerprint density at radius 1 is 1.14 bits per heavy atom. The molecule has 3 rings (SSSR count). The highest BCUT2D eigenvalue weighted by Gasteiger charge is 2.34. The van der Waals surface area contributed by atoms with Crippen molar-refractivity contribution in [2.75, 3.05) is 26.2 Å². The fourth-order valence-corrected chi connectivity index (χ4v) is 3.75. The minimum atomic E-state index is -4.48. The molecule has 0 N–H and O–H groups in total. The van der Waals surface area contributed by atoms with Gasteiger partial charge in [0.2, 0.25) is 5.91 Å². The quantitative estimate of drug-likeness (QED) is 0.686. The number of halogens is 5. The molecule has 0 aliphatic carbocycles. The molecule has 2 aromatic rings. The molecule has 158 valence electrons. The van der Waals surface area contributed by atoms with Gasteiger partial charge >= 0.3 is 6.18 Å². The lowest BCUT2D eigenvalue weighted by atomic mass is 10.2. The molecule has 29 heavy (non-hydrogen) atoms. The number of carbonyl (C=O) groups excluding carboxylic acids is 1. The number of piperazine rings is 1. The van der Waals surface area contributed by atoms with Gasteiger partial charge in [-0.1, -0.05) is 29.3 Å². The summed E-state index contributed by atoms with van der Waals surface area (Å²) in [5, 5.41) is 4.76. The standard InChI is InChI=1S/C19H21Cl2F3N4O/c1-13-10-17(19(22,23)24)25-28(13)5-4-18(29)27-8-6-26(7-9-27)12-14-2-3-15(20)11-16(14)21/h2-3,10-11H,4-9,12H2,1H3. The molecule has 0 saturated carbocycles.